The highest BCUT2D eigenvalue weighted by Crippen LogP contribution is 2.89. The molecule has 1 aromatic rings. The van der Waals surface area contributed by atoms with E-state index < -0.39 is 11.7 Å². The fourth-order valence-electron chi connectivity index (χ4n) is 15.1. The summed E-state index contributed by atoms with van der Waals surface area (Å²) < 4.78 is 33.1. The summed E-state index contributed by atoms with van der Waals surface area (Å²) in [5, 5.41) is 12.8. The molecular formula is C45H71NO6. The zero-order valence-electron chi connectivity index (χ0n) is 34.0. The SMILES string of the molecule is CCOC(C1CC(C)C2C(O1)C(O)C1(C)C3CCC4C(C)(C)C(OC5CN(Cc6ccccc6)CCO5)CCC45CC35CCC21C)C(C)(C)OCC. The van der Waals surface area contributed by atoms with Gasteiger partial charge in [0.15, 0.2) is 6.29 Å². The smallest absolute Gasteiger partial charge is 0.170 e. The zero-order valence-corrected chi connectivity index (χ0v) is 34.0. The average Bonchev–Trinajstić information content (AvgIpc) is 3.73. The molecule has 7 nitrogen and oxygen atoms in total. The van der Waals surface area contributed by atoms with Crippen molar-refractivity contribution in [3.05, 3.63) is 35.9 Å². The Morgan fingerprint density at radius 1 is 0.962 bits per heavy atom. The molecule has 1 N–H and O–H groups in total. The van der Waals surface area contributed by atoms with Gasteiger partial charge >= 0.3 is 0 Å². The van der Waals surface area contributed by atoms with Gasteiger partial charge in [0.1, 0.15) is 6.10 Å². The van der Waals surface area contributed by atoms with Crippen LogP contribution >= 0.6 is 0 Å². The maximum absolute atomic E-state index is 12.8. The Hall–Kier alpha value is -1.06. The molecule has 5 aliphatic carbocycles. The molecule has 0 amide bonds. The third-order valence-electron chi connectivity index (χ3n) is 17.3. The monoisotopic (exact) mass is 722 g/mol. The summed E-state index contributed by atoms with van der Waals surface area (Å²) in [4.78, 5) is 2.50. The molecule has 7 aliphatic rings. The number of aliphatic hydroxyl groups excluding tert-OH is 1. The normalized spacial score (nSPS) is 47.4. The van der Waals surface area contributed by atoms with Gasteiger partial charge < -0.3 is 28.8 Å². The van der Waals surface area contributed by atoms with E-state index in [2.05, 4.69) is 97.5 Å². The molecule has 2 aliphatic heterocycles. The number of aliphatic hydroxyl groups is 1. The molecule has 52 heavy (non-hydrogen) atoms. The highest BCUT2D eigenvalue weighted by molar-refractivity contribution is 5.33. The van der Waals surface area contributed by atoms with Crippen molar-refractivity contribution in [2.24, 2.45) is 50.7 Å². The first-order chi connectivity index (χ1) is 24.7. The first-order valence-electron chi connectivity index (χ1n) is 21.3. The zero-order chi connectivity index (χ0) is 36.9. The van der Waals surface area contributed by atoms with Gasteiger partial charge in [-0.2, -0.15) is 0 Å². The summed E-state index contributed by atoms with van der Waals surface area (Å²) in [6.45, 7) is 25.7. The average molecular weight is 722 g/mol. The Morgan fingerprint density at radius 3 is 2.42 bits per heavy atom. The number of hydrogen-bond acceptors (Lipinski definition) is 7. The van der Waals surface area contributed by atoms with Crippen LogP contribution in [0.4, 0.5) is 0 Å². The lowest BCUT2D eigenvalue weighted by molar-refractivity contribution is -0.249. The molecule has 7 heteroatoms. The van der Waals surface area contributed by atoms with Gasteiger partial charge in [-0.25, -0.2) is 0 Å². The number of ether oxygens (including phenoxy) is 5. The van der Waals surface area contributed by atoms with Crippen LogP contribution in [-0.4, -0.2) is 85.3 Å². The first-order valence-corrected chi connectivity index (χ1v) is 21.3. The lowest BCUT2D eigenvalue weighted by atomic mass is 9.41. The van der Waals surface area contributed by atoms with Gasteiger partial charge in [-0.3, -0.25) is 4.90 Å². The molecule has 0 bridgehead atoms. The Kier molecular flexibility index (Phi) is 9.66. The molecule has 0 aromatic heterocycles. The maximum atomic E-state index is 12.8. The van der Waals surface area contributed by atoms with Gasteiger partial charge in [-0.15, -0.1) is 0 Å². The number of morpholine rings is 1. The summed E-state index contributed by atoms with van der Waals surface area (Å²) in [5.41, 5.74) is 1.52. The Labute approximate surface area is 315 Å². The minimum atomic E-state index is -0.475. The summed E-state index contributed by atoms with van der Waals surface area (Å²) in [6, 6.07) is 10.8. The van der Waals surface area contributed by atoms with Gasteiger partial charge in [0.2, 0.25) is 0 Å². The van der Waals surface area contributed by atoms with Crippen molar-refractivity contribution >= 4 is 0 Å². The van der Waals surface area contributed by atoms with E-state index in [9.17, 15) is 5.11 Å². The quantitative estimate of drug-likeness (QED) is 0.261. The fourth-order valence-corrected chi connectivity index (χ4v) is 15.1. The van der Waals surface area contributed by atoms with E-state index in [0.29, 0.717) is 47.7 Å². The van der Waals surface area contributed by atoms with Crippen LogP contribution in [0.2, 0.25) is 0 Å². The summed E-state index contributed by atoms with van der Waals surface area (Å²) in [6.07, 6.45) is 8.69. The van der Waals surface area contributed by atoms with Crippen molar-refractivity contribution in [3.63, 3.8) is 0 Å². The highest BCUT2D eigenvalue weighted by Gasteiger charge is 2.84. The van der Waals surface area contributed by atoms with Crippen LogP contribution in [0.25, 0.3) is 0 Å². The minimum absolute atomic E-state index is 0.0460. The van der Waals surface area contributed by atoms with Crippen molar-refractivity contribution in [1.29, 1.82) is 0 Å². The van der Waals surface area contributed by atoms with Crippen LogP contribution in [-0.2, 0) is 30.2 Å². The van der Waals surface area contributed by atoms with Crippen LogP contribution in [0.1, 0.15) is 119 Å². The van der Waals surface area contributed by atoms with Crippen LogP contribution < -0.4 is 0 Å². The summed E-state index contributed by atoms with van der Waals surface area (Å²) in [7, 11) is 0. The molecule has 7 fully saturated rings. The van der Waals surface area contributed by atoms with Crippen molar-refractivity contribution in [2.45, 2.75) is 163 Å². The van der Waals surface area contributed by atoms with Crippen LogP contribution in [0, 0.1) is 50.7 Å². The fraction of sp³-hybridized carbons (Fsp3) is 0.867. The first kappa shape index (κ1) is 37.8. The van der Waals surface area contributed by atoms with Crippen molar-refractivity contribution in [3.8, 4) is 0 Å². The van der Waals surface area contributed by atoms with E-state index in [1.54, 1.807) is 0 Å². The number of benzene rings is 1. The van der Waals surface area contributed by atoms with Crippen molar-refractivity contribution < 1.29 is 28.8 Å². The summed E-state index contributed by atoms with van der Waals surface area (Å²) >= 11 is 0. The van der Waals surface area contributed by atoms with E-state index in [-0.39, 0.29) is 47.0 Å². The second-order valence-electron chi connectivity index (χ2n) is 20.1. The molecule has 2 spiro atoms. The van der Waals surface area contributed by atoms with Crippen molar-refractivity contribution in [2.75, 3.05) is 32.9 Å². The van der Waals surface area contributed by atoms with E-state index >= 15 is 0 Å². The van der Waals surface area contributed by atoms with Gasteiger partial charge in [0, 0.05) is 38.3 Å². The second-order valence-corrected chi connectivity index (χ2v) is 20.1. The molecule has 292 valence electrons. The number of nitrogens with zero attached hydrogens (tertiary/aromatic N) is 1. The molecule has 2 saturated heterocycles. The molecule has 14 unspecified atom stereocenters. The van der Waals surface area contributed by atoms with Crippen LogP contribution in [0.5, 0.6) is 0 Å². The standard InChI is InChI=1S/C45H71NO6/c1-10-48-39(41(6,7)50-11-2)31-25-29(3)36-37(51-31)38(47)43(9)33-18-17-32-40(4,5)34(19-20-44(32)28-45(33,44)22-21-42(36,43)8)52-35-27-46(23-24-49-35)26-30-15-13-12-14-16-30/h12-16,29,31-39,47H,10-11,17-28H2,1-9H3. The maximum Gasteiger partial charge on any atom is 0.170 e. The molecule has 8 rings (SSSR count). The lowest BCUT2D eigenvalue weighted by Gasteiger charge is -2.64. The van der Waals surface area contributed by atoms with Crippen LogP contribution in [0.15, 0.2) is 30.3 Å². The molecule has 1 aromatic carbocycles. The van der Waals surface area contributed by atoms with Gasteiger partial charge in [0.25, 0.3) is 0 Å². The second kappa shape index (κ2) is 13.3. The number of rotatable bonds is 10. The Morgan fingerprint density at radius 2 is 1.69 bits per heavy atom. The predicted molar refractivity (Wildman–Crippen MR) is 204 cm³/mol. The third-order valence-corrected chi connectivity index (χ3v) is 17.3. The van der Waals surface area contributed by atoms with E-state index in [1.807, 2.05) is 0 Å². The largest absolute Gasteiger partial charge is 0.390 e. The molecule has 14 atom stereocenters. The lowest BCUT2D eigenvalue weighted by Crippen LogP contribution is -2.60. The number of fused-ring (bicyclic) bond motifs is 4. The van der Waals surface area contributed by atoms with E-state index in [4.69, 9.17) is 23.7 Å². The third kappa shape index (κ3) is 5.43. The van der Waals surface area contributed by atoms with Crippen LogP contribution in [0.3, 0.4) is 0 Å². The van der Waals surface area contributed by atoms with Gasteiger partial charge in [-0.05, 0) is 130 Å². The summed E-state index contributed by atoms with van der Waals surface area (Å²) in [5.74, 6) is 1.96. The molecule has 2 heterocycles. The van der Waals surface area contributed by atoms with Gasteiger partial charge in [0.05, 0.1) is 36.6 Å². The topological polar surface area (TPSA) is 69.6 Å². The minimum Gasteiger partial charge on any atom is -0.390 e. The number of hydrogen-bond donors (Lipinski definition) is 1. The Balaban J connectivity index is 0.998. The Bertz CT molecular complexity index is 1440. The molecule has 5 saturated carbocycles. The van der Waals surface area contributed by atoms with Gasteiger partial charge in [-0.1, -0.05) is 65.0 Å². The van der Waals surface area contributed by atoms with E-state index in [0.717, 1.165) is 39.1 Å². The predicted octanol–water partition coefficient (Wildman–Crippen LogP) is 8.26. The van der Waals surface area contributed by atoms with Crippen molar-refractivity contribution in [1.82, 2.24) is 4.90 Å². The molecular weight excluding hydrogens is 650 g/mol. The highest BCUT2D eigenvalue weighted by atomic mass is 16.7. The van der Waals surface area contributed by atoms with E-state index in [1.165, 1.54) is 44.1 Å². The molecule has 0 radical (unpaired) electrons.